The number of benzene rings is 2. The third kappa shape index (κ3) is 8.93. The molecule has 1 fully saturated rings. The van der Waals surface area contributed by atoms with Crippen LogP contribution in [0, 0.1) is 5.92 Å². The topological polar surface area (TPSA) is 103 Å². The van der Waals surface area contributed by atoms with Gasteiger partial charge in [0.25, 0.3) is 0 Å². The Bertz CT molecular complexity index is 1060. The molecule has 0 saturated heterocycles. The third-order valence-electron chi connectivity index (χ3n) is 6.67. The van der Waals surface area contributed by atoms with E-state index in [1.807, 2.05) is 37.4 Å². The Morgan fingerprint density at radius 1 is 0.974 bits per heavy atom. The van der Waals surface area contributed by atoms with Crippen molar-refractivity contribution in [1.82, 2.24) is 10.6 Å². The van der Waals surface area contributed by atoms with E-state index in [0.29, 0.717) is 12.2 Å². The third-order valence-corrected chi connectivity index (χ3v) is 7.59. The Kier molecular flexibility index (Phi) is 12.5. The van der Waals surface area contributed by atoms with E-state index in [2.05, 4.69) is 10.6 Å². The summed E-state index contributed by atoms with van der Waals surface area (Å²) in [6, 6.07) is 16.8. The first-order valence-electron chi connectivity index (χ1n) is 13.1. The zero-order chi connectivity index (χ0) is 28.2. The van der Waals surface area contributed by atoms with Crippen LogP contribution in [0.3, 0.4) is 0 Å². The maximum absolute atomic E-state index is 13.6. The second kappa shape index (κ2) is 15.8. The molecule has 0 heterocycles. The van der Waals surface area contributed by atoms with Gasteiger partial charge >= 0.3 is 11.9 Å². The second-order valence-electron chi connectivity index (χ2n) is 9.46. The van der Waals surface area contributed by atoms with Gasteiger partial charge in [-0.2, -0.15) is 0 Å². The molecule has 1 saturated carbocycles. The molecule has 0 aliphatic heterocycles. The van der Waals surface area contributed by atoms with Crippen LogP contribution in [-0.4, -0.2) is 74.2 Å². The molecule has 2 aromatic carbocycles. The van der Waals surface area contributed by atoms with Gasteiger partial charge < -0.3 is 24.8 Å². The van der Waals surface area contributed by atoms with Crippen molar-refractivity contribution in [3.63, 3.8) is 0 Å². The van der Waals surface area contributed by atoms with Crippen molar-refractivity contribution in [1.29, 1.82) is 0 Å². The van der Waals surface area contributed by atoms with Gasteiger partial charge in [0.15, 0.2) is 0 Å². The summed E-state index contributed by atoms with van der Waals surface area (Å²) in [7, 11) is 3.15. The molecule has 0 spiro atoms. The first-order chi connectivity index (χ1) is 18.8. The van der Waals surface area contributed by atoms with Gasteiger partial charge in [0.05, 0.1) is 35.4 Å². The molecule has 212 valence electrons. The SMILES string of the molecule is CNCCCCOC1C(Cl)CC(C(=O)N[C@@H](Cc2ccccc2)C(=O)OC)C(OC(=O)c2ccccc2)C1Cl. The molecule has 1 aliphatic rings. The number of ether oxygens (including phenoxy) is 3. The molecule has 1 amide bonds. The van der Waals surface area contributed by atoms with Crippen LogP contribution in [0.2, 0.25) is 0 Å². The molecule has 8 nitrogen and oxygen atoms in total. The summed E-state index contributed by atoms with van der Waals surface area (Å²) in [6.45, 7) is 1.28. The summed E-state index contributed by atoms with van der Waals surface area (Å²) in [4.78, 5) is 39.2. The summed E-state index contributed by atoms with van der Waals surface area (Å²) in [5.41, 5.74) is 1.18. The van der Waals surface area contributed by atoms with Crippen molar-refractivity contribution in [2.24, 2.45) is 5.92 Å². The molecule has 0 bridgehead atoms. The summed E-state index contributed by atoms with van der Waals surface area (Å²) in [5.74, 6) is -2.61. The minimum Gasteiger partial charge on any atom is -0.467 e. The molecule has 2 N–H and O–H groups in total. The average Bonchev–Trinajstić information content (AvgIpc) is 2.95. The van der Waals surface area contributed by atoms with E-state index >= 15 is 0 Å². The number of esters is 2. The van der Waals surface area contributed by atoms with Gasteiger partial charge in [-0.15, -0.1) is 23.2 Å². The van der Waals surface area contributed by atoms with Gasteiger partial charge in [-0.05, 0) is 50.6 Å². The zero-order valence-corrected chi connectivity index (χ0v) is 23.7. The molecule has 0 aromatic heterocycles. The predicted molar refractivity (Wildman–Crippen MR) is 150 cm³/mol. The van der Waals surface area contributed by atoms with Crippen molar-refractivity contribution in [2.75, 3.05) is 27.3 Å². The number of unbranched alkanes of at least 4 members (excludes halogenated alkanes) is 1. The second-order valence-corrected chi connectivity index (χ2v) is 10.5. The first kappa shape index (κ1) is 30.9. The van der Waals surface area contributed by atoms with Crippen LogP contribution in [-0.2, 0) is 30.2 Å². The van der Waals surface area contributed by atoms with E-state index in [0.717, 1.165) is 24.9 Å². The lowest BCUT2D eigenvalue weighted by Gasteiger charge is -2.41. The van der Waals surface area contributed by atoms with Gasteiger partial charge in [0.2, 0.25) is 5.91 Å². The summed E-state index contributed by atoms with van der Waals surface area (Å²) in [6.07, 6.45) is 0.407. The molecular weight excluding hydrogens is 543 g/mol. The molecule has 5 unspecified atom stereocenters. The number of rotatable bonds is 13. The highest BCUT2D eigenvalue weighted by atomic mass is 35.5. The zero-order valence-electron chi connectivity index (χ0n) is 22.2. The van der Waals surface area contributed by atoms with Crippen LogP contribution in [0.4, 0.5) is 0 Å². The Morgan fingerprint density at radius 3 is 2.28 bits per heavy atom. The Hall–Kier alpha value is -2.65. The highest BCUT2D eigenvalue weighted by molar-refractivity contribution is 6.25. The Balaban J connectivity index is 1.79. The molecule has 6 atom stereocenters. The number of hydrogen-bond acceptors (Lipinski definition) is 7. The summed E-state index contributed by atoms with van der Waals surface area (Å²) < 4.78 is 16.8. The highest BCUT2D eigenvalue weighted by Crippen LogP contribution is 2.37. The van der Waals surface area contributed by atoms with Gasteiger partial charge in [0, 0.05) is 13.0 Å². The van der Waals surface area contributed by atoms with Crippen molar-refractivity contribution in [2.45, 2.75) is 54.7 Å². The van der Waals surface area contributed by atoms with Crippen LogP contribution < -0.4 is 10.6 Å². The number of carbonyl (C=O) groups excluding carboxylic acids is 3. The van der Waals surface area contributed by atoms with Gasteiger partial charge in [0.1, 0.15) is 12.1 Å². The lowest BCUT2D eigenvalue weighted by Crippen LogP contribution is -2.57. The minimum absolute atomic E-state index is 0.143. The van der Waals surface area contributed by atoms with E-state index in [9.17, 15) is 14.4 Å². The van der Waals surface area contributed by atoms with E-state index in [1.54, 1.807) is 30.3 Å². The van der Waals surface area contributed by atoms with E-state index in [1.165, 1.54) is 7.11 Å². The largest absolute Gasteiger partial charge is 0.467 e. The standard InChI is InChI=1S/C29H36Cl2N2O6/c1-32-15-9-10-16-38-26-22(30)18-21(25(24(26)31)39-28(35)20-13-7-4-8-14-20)27(34)33-23(29(36)37-2)17-19-11-5-3-6-12-19/h3-8,11-14,21-26,32H,9-10,15-18H2,1-2H3,(H,33,34)/t21?,22?,23-,24?,25?,26?/m0/s1. The first-order valence-corrected chi connectivity index (χ1v) is 14.0. The number of amides is 1. The van der Waals surface area contributed by atoms with Gasteiger partial charge in [-0.1, -0.05) is 48.5 Å². The smallest absolute Gasteiger partial charge is 0.338 e. The maximum Gasteiger partial charge on any atom is 0.338 e. The normalized spacial score (nSPS) is 23.4. The highest BCUT2D eigenvalue weighted by Gasteiger charge is 2.49. The van der Waals surface area contributed by atoms with Crippen LogP contribution in [0.1, 0.15) is 35.2 Å². The summed E-state index contributed by atoms with van der Waals surface area (Å²) in [5, 5.41) is 4.37. The number of halogens is 2. The van der Waals surface area contributed by atoms with Crippen molar-refractivity contribution >= 4 is 41.0 Å². The fourth-order valence-corrected chi connectivity index (χ4v) is 5.54. The van der Waals surface area contributed by atoms with Crippen LogP contribution >= 0.6 is 23.2 Å². The number of hydrogen-bond donors (Lipinski definition) is 2. The molecule has 10 heteroatoms. The maximum atomic E-state index is 13.6. The number of nitrogens with one attached hydrogen (secondary N) is 2. The summed E-state index contributed by atoms with van der Waals surface area (Å²) >= 11 is 13.5. The number of methoxy groups -OCH3 is 1. The van der Waals surface area contributed by atoms with Gasteiger partial charge in [-0.25, -0.2) is 9.59 Å². The number of carbonyl (C=O) groups is 3. The lowest BCUT2D eigenvalue weighted by molar-refractivity contribution is -0.147. The van der Waals surface area contributed by atoms with Gasteiger partial charge in [-0.3, -0.25) is 4.79 Å². The van der Waals surface area contributed by atoms with Crippen LogP contribution in [0.25, 0.3) is 0 Å². The molecule has 1 aliphatic carbocycles. The van der Waals surface area contributed by atoms with Crippen molar-refractivity contribution in [3.8, 4) is 0 Å². The fraction of sp³-hybridized carbons (Fsp3) is 0.483. The quantitative estimate of drug-likeness (QED) is 0.212. The van der Waals surface area contributed by atoms with Crippen LogP contribution in [0.15, 0.2) is 60.7 Å². The average molecular weight is 580 g/mol. The van der Waals surface area contributed by atoms with Crippen LogP contribution in [0.5, 0.6) is 0 Å². The van der Waals surface area contributed by atoms with E-state index in [-0.39, 0.29) is 12.8 Å². The number of alkyl halides is 2. The molecule has 3 rings (SSSR count). The monoisotopic (exact) mass is 578 g/mol. The minimum atomic E-state index is -1.04. The Labute approximate surface area is 239 Å². The van der Waals surface area contributed by atoms with Crippen molar-refractivity contribution < 1.29 is 28.6 Å². The van der Waals surface area contributed by atoms with Crippen molar-refractivity contribution in [3.05, 3.63) is 71.8 Å². The molecule has 39 heavy (non-hydrogen) atoms. The fourth-order valence-electron chi connectivity index (χ4n) is 4.57. The molecule has 2 aromatic rings. The Morgan fingerprint density at radius 2 is 1.64 bits per heavy atom. The lowest BCUT2D eigenvalue weighted by atomic mass is 9.82. The predicted octanol–water partition coefficient (Wildman–Crippen LogP) is 3.73. The molecule has 0 radical (unpaired) electrons. The molecular formula is C29H36Cl2N2O6. The van der Waals surface area contributed by atoms with E-state index in [4.69, 9.17) is 37.4 Å². The van der Waals surface area contributed by atoms with E-state index < -0.39 is 52.8 Å².